The van der Waals surface area contributed by atoms with Crippen LogP contribution in [0.5, 0.6) is 0 Å². The topological polar surface area (TPSA) is 71.3 Å². The van der Waals surface area contributed by atoms with E-state index in [2.05, 4.69) is 5.32 Å². The predicted octanol–water partition coefficient (Wildman–Crippen LogP) is 3.19. The third-order valence-corrected chi connectivity index (χ3v) is 3.08. The van der Waals surface area contributed by atoms with Gasteiger partial charge in [-0.25, -0.2) is 4.39 Å². The molecular formula is C15H12F4N2O3. The number of carbonyl (C=O) groups is 2. The Labute approximate surface area is 133 Å². The minimum atomic E-state index is -4.67. The van der Waals surface area contributed by atoms with Gasteiger partial charge in [0.2, 0.25) is 5.91 Å². The van der Waals surface area contributed by atoms with Gasteiger partial charge in [0.25, 0.3) is 5.91 Å². The molecule has 0 bridgehead atoms. The number of benzene rings is 1. The molecule has 9 heteroatoms. The van der Waals surface area contributed by atoms with Gasteiger partial charge in [-0.3, -0.25) is 9.59 Å². The lowest BCUT2D eigenvalue weighted by atomic mass is 10.1. The summed E-state index contributed by atoms with van der Waals surface area (Å²) in [7, 11) is 0. The van der Waals surface area contributed by atoms with Crippen LogP contribution in [-0.2, 0) is 11.0 Å². The number of anilines is 1. The van der Waals surface area contributed by atoms with E-state index in [1.54, 1.807) is 0 Å². The molecule has 2 amide bonds. The van der Waals surface area contributed by atoms with Crippen LogP contribution in [0, 0.1) is 5.82 Å². The van der Waals surface area contributed by atoms with Crippen molar-refractivity contribution in [1.29, 1.82) is 0 Å². The first-order valence-corrected chi connectivity index (χ1v) is 6.69. The number of alkyl halides is 3. The molecule has 2 rings (SSSR count). The van der Waals surface area contributed by atoms with Gasteiger partial charge in [-0.2, -0.15) is 13.2 Å². The number of hydrogen-bond acceptors (Lipinski definition) is 3. The van der Waals surface area contributed by atoms with E-state index in [1.165, 1.54) is 19.3 Å². The standard InChI is InChI=1S/C15H12F4N2O3/c1-8(20-14(23)9-4-5-24-7-9)13(22)21-12-6-10(15(17,18)19)2-3-11(12)16/h2-8H,1H3,(H,20,23)(H,21,22)/t8-/m1/s1. The van der Waals surface area contributed by atoms with Gasteiger partial charge < -0.3 is 15.1 Å². The molecule has 2 aromatic rings. The van der Waals surface area contributed by atoms with Gasteiger partial charge in [0.05, 0.1) is 23.1 Å². The third kappa shape index (κ3) is 4.12. The zero-order valence-electron chi connectivity index (χ0n) is 12.3. The molecule has 0 fully saturated rings. The van der Waals surface area contributed by atoms with Gasteiger partial charge in [-0.15, -0.1) is 0 Å². The van der Waals surface area contributed by atoms with E-state index < -0.39 is 41.1 Å². The van der Waals surface area contributed by atoms with Crippen molar-refractivity contribution in [3.8, 4) is 0 Å². The highest BCUT2D eigenvalue weighted by Gasteiger charge is 2.31. The van der Waals surface area contributed by atoms with Crippen molar-refractivity contribution >= 4 is 17.5 Å². The Balaban J connectivity index is 2.07. The second-order valence-corrected chi connectivity index (χ2v) is 4.89. The maximum absolute atomic E-state index is 13.6. The molecule has 0 aliphatic carbocycles. The molecule has 0 spiro atoms. The molecule has 0 radical (unpaired) electrons. The fourth-order valence-corrected chi connectivity index (χ4v) is 1.78. The molecule has 0 saturated carbocycles. The maximum Gasteiger partial charge on any atom is 0.416 e. The molecule has 0 aliphatic rings. The SMILES string of the molecule is C[C@@H](NC(=O)c1ccoc1)C(=O)Nc1cc(C(F)(F)F)ccc1F. The van der Waals surface area contributed by atoms with E-state index in [4.69, 9.17) is 4.42 Å². The highest BCUT2D eigenvalue weighted by atomic mass is 19.4. The van der Waals surface area contributed by atoms with E-state index in [-0.39, 0.29) is 5.56 Å². The summed E-state index contributed by atoms with van der Waals surface area (Å²) in [5.74, 6) is -2.51. The Morgan fingerprint density at radius 1 is 1.21 bits per heavy atom. The van der Waals surface area contributed by atoms with Crippen LogP contribution in [0.15, 0.2) is 41.2 Å². The van der Waals surface area contributed by atoms with Crippen molar-refractivity contribution in [1.82, 2.24) is 5.32 Å². The maximum atomic E-state index is 13.6. The second-order valence-electron chi connectivity index (χ2n) is 4.89. The predicted molar refractivity (Wildman–Crippen MR) is 75.7 cm³/mol. The van der Waals surface area contributed by atoms with Gasteiger partial charge in [-0.1, -0.05) is 0 Å². The molecule has 1 heterocycles. The summed E-state index contributed by atoms with van der Waals surface area (Å²) in [5, 5.41) is 4.33. The average molecular weight is 344 g/mol. The van der Waals surface area contributed by atoms with Crippen LogP contribution in [0.4, 0.5) is 23.2 Å². The Morgan fingerprint density at radius 3 is 2.50 bits per heavy atom. The number of furan rings is 1. The van der Waals surface area contributed by atoms with Gasteiger partial charge in [0.1, 0.15) is 18.1 Å². The Hall–Kier alpha value is -2.84. The average Bonchev–Trinajstić information content (AvgIpc) is 3.02. The van der Waals surface area contributed by atoms with E-state index in [9.17, 15) is 27.2 Å². The van der Waals surface area contributed by atoms with Gasteiger partial charge in [0, 0.05) is 0 Å². The molecular weight excluding hydrogens is 332 g/mol. The highest BCUT2D eigenvalue weighted by Crippen LogP contribution is 2.31. The lowest BCUT2D eigenvalue weighted by Crippen LogP contribution is -2.41. The lowest BCUT2D eigenvalue weighted by Gasteiger charge is -2.15. The summed E-state index contributed by atoms with van der Waals surface area (Å²) in [6, 6.07) is 1.91. The number of hydrogen-bond donors (Lipinski definition) is 2. The third-order valence-electron chi connectivity index (χ3n) is 3.08. The molecule has 2 N–H and O–H groups in total. The van der Waals surface area contributed by atoms with Crippen LogP contribution in [-0.4, -0.2) is 17.9 Å². The van der Waals surface area contributed by atoms with Crippen LogP contribution in [0.3, 0.4) is 0 Å². The van der Waals surface area contributed by atoms with Gasteiger partial charge >= 0.3 is 6.18 Å². The van der Waals surface area contributed by atoms with Crippen LogP contribution in [0.2, 0.25) is 0 Å². The minimum Gasteiger partial charge on any atom is -0.472 e. The van der Waals surface area contributed by atoms with Crippen molar-refractivity contribution in [2.45, 2.75) is 19.1 Å². The van der Waals surface area contributed by atoms with Gasteiger partial charge in [-0.05, 0) is 31.2 Å². The van der Waals surface area contributed by atoms with Crippen LogP contribution in [0.25, 0.3) is 0 Å². The fraction of sp³-hybridized carbons (Fsp3) is 0.200. The molecule has 1 atom stereocenters. The van der Waals surface area contributed by atoms with E-state index in [0.29, 0.717) is 18.2 Å². The molecule has 5 nitrogen and oxygen atoms in total. The van der Waals surface area contributed by atoms with E-state index in [1.807, 2.05) is 5.32 Å². The number of rotatable bonds is 4. The largest absolute Gasteiger partial charge is 0.472 e. The Bertz CT molecular complexity index is 742. The lowest BCUT2D eigenvalue weighted by molar-refractivity contribution is -0.137. The first-order chi connectivity index (χ1) is 11.2. The molecule has 128 valence electrons. The summed E-state index contributed by atoms with van der Waals surface area (Å²) >= 11 is 0. The molecule has 0 unspecified atom stereocenters. The molecule has 1 aromatic heterocycles. The van der Waals surface area contributed by atoms with Crippen LogP contribution in [0.1, 0.15) is 22.8 Å². The monoisotopic (exact) mass is 344 g/mol. The van der Waals surface area contributed by atoms with Crippen molar-refractivity contribution in [3.05, 3.63) is 53.7 Å². The minimum absolute atomic E-state index is 0.167. The van der Waals surface area contributed by atoms with Crippen molar-refractivity contribution in [3.63, 3.8) is 0 Å². The van der Waals surface area contributed by atoms with Crippen LogP contribution < -0.4 is 10.6 Å². The normalized spacial score (nSPS) is 12.5. The summed E-state index contributed by atoms with van der Waals surface area (Å²) in [4.78, 5) is 23.7. The Kier molecular flexibility index (Phi) is 4.91. The number of halogens is 4. The molecule has 1 aromatic carbocycles. The van der Waals surface area contributed by atoms with E-state index >= 15 is 0 Å². The molecule has 0 aliphatic heterocycles. The smallest absolute Gasteiger partial charge is 0.416 e. The first kappa shape index (κ1) is 17.5. The quantitative estimate of drug-likeness (QED) is 0.837. The Morgan fingerprint density at radius 2 is 1.92 bits per heavy atom. The fourth-order valence-electron chi connectivity index (χ4n) is 1.78. The van der Waals surface area contributed by atoms with Gasteiger partial charge in [0.15, 0.2) is 0 Å². The molecule has 0 saturated heterocycles. The van der Waals surface area contributed by atoms with Crippen molar-refractivity contribution < 1.29 is 31.6 Å². The first-order valence-electron chi connectivity index (χ1n) is 6.69. The second kappa shape index (κ2) is 6.73. The number of nitrogens with one attached hydrogen (secondary N) is 2. The molecule has 24 heavy (non-hydrogen) atoms. The van der Waals surface area contributed by atoms with Crippen molar-refractivity contribution in [2.75, 3.05) is 5.32 Å². The number of carbonyl (C=O) groups excluding carboxylic acids is 2. The highest BCUT2D eigenvalue weighted by molar-refractivity contribution is 6.00. The summed E-state index contributed by atoms with van der Waals surface area (Å²) in [6.45, 7) is 1.30. The van der Waals surface area contributed by atoms with Crippen LogP contribution >= 0.6 is 0 Å². The summed E-state index contributed by atoms with van der Waals surface area (Å²) < 4.78 is 56.2. The summed E-state index contributed by atoms with van der Waals surface area (Å²) in [6.07, 6.45) is -2.25. The zero-order chi connectivity index (χ0) is 17.9. The van der Waals surface area contributed by atoms with E-state index in [0.717, 1.165) is 6.26 Å². The zero-order valence-corrected chi connectivity index (χ0v) is 12.3. The summed E-state index contributed by atoms with van der Waals surface area (Å²) in [5.41, 5.74) is -1.56. The number of amides is 2. The van der Waals surface area contributed by atoms with Crippen molar-refractivity contribution in [2.24, 2.45) is 0 Å².